The lowest BCUT2D eigenvalue weighted by Gasteiger charge is -2.28. The Labute approximate surface area is 143 Å². The number of amides is 2. The van der Waals surface area contributed by atoms with Gasteiger partial charge in [-0.2, -0.15) is 0 Å². The van der Waals surface area contributed by atoms with Crippen LogP contribution in [0.2, 0.25) is 0 Å². The number of carbonyl (C=O) groups is 2. The quantitative estimate of drug-likeness (QED) is 0.851. The van der Waals surface area contributed by atoms with Crippen molar-refractivity contribution in [2.24, 2.45) is 0 Å². The first kappa shape index (κ1) is 18.1. The molecule has 132 valence electrons. The minimum Gasteiger partial charge on any atom is -0.445 e. The normalized spacial score (nSPS) is 17.5. The summed E-state index contributed by atoms with van der Waals surface area (Å²) in [6.45, 7) is 6.79. The molecule has 6 nitrogen and oxygen atoms in total. The Hall–Kier alpha value is -2.24. The minimum atomic E-state index is -0.530. The zero-order valence-corrected chi connectivity index (χ0v) is 14.8. The smallest absolute Gasteiger partial charge is 0.410 e. The summed E-state index contributed by atoms with van der Waals surface area (Å²) in [6.07, 6.45) is 0.00171. The second-order valence-electron chi connectivity index (χ2n) is 7.02. The van der Waals surface area contributed by atoms with E-state index in [2.05, 4.69) is 0 Å². The second kappa shape index (κ2) is 7.55. The lowest BCUT2D eigenvalue weighted by atomic mass is 10.2. The van der Waals surface area contributed by atoms with Crippen molar-refractivity contribution >= 4 is 12.2 Å². The first-order valence-corrected chi connectivity index (χ1v) is 8.18. The fourth-order valence-electron chi connectivity index (χ4n) is 2.52. The van der Waals surface area contributed by atoms with Gasteiger partial charge in [-0.1, -0.05) is 30.3 Å². The zero-order chi connectivity index (χ0) is 17.7. The van der Waals surface area contributed by atoms with Crippen LogP contribution in [-0.4, -0.2) is 53.8 Å². The maximum absolute atomic E-state index is 12.2. The molecule has 1 atom stereocenters. The fraction of sp³-hybridized carbons (Fsp3) is 0.556. The van der Waals surface area contributed by atoms with Gasteiger partial charge < -0.3 is 19.3 Å². The van der Waals surface area contributed by atoms with Crippen LogP contribution in [0.25, 0.3) is 0 Å². The van der Waals surface area contributed by atoms with Crippen molar-refractivity contribution in [1.29, 1.82) is 0 Å². The number of hydrogen-bond acceptors (Lipinski definition) is 4. The summed E-state index contributed by atoms with van der Waals surface area (Å²) in [5, 5.41) is 0. The molecule has 1 aliphatic heterocycles. The molecule has 1 aromatic rings. The summed E-state index contributed by atoms with van der Waals surface area (Å²) in [7, 11) is 1.71. The monoisotopic (exact) mass is 334 g/mol. The number of rotatable bonds is 3. The summed E-state index contributed by atoms with van der Waals surface area (Å²) in [5.74, 6) is 0. The standard InChI is InChI=1S/C18H26N2O4/c1-18(2,3)24-16(21)19(4)15-10-11-20(12-15)17(22)23-13-14-8-6-5-7-9-14/h5-9,15H,10-13H2,1-4H3/t15-/m0/s1. The van der Waals surface area contributed by atoms with Crippen molar-refractivity contribution in [3.05, 3.63) is 35.9 Å². The molecule has 24 heavy (non-hydrogen) atoms. The average molecular weight is 334 g/mol. The summed E-state index contributed by atoms with van der Waals surface area (Å²) in [5.41, 5.74) is 0.422. The number of nitrogens with zero attached hydrogens (tertiary/aromatic N) is 2. The number of likely N-dealkylation sites (tertiary alicyclic amines) is 1. The third-order valence-corrected chi connectivity index (χ3v) is 3.86. The average Bonchev–Trinajstić information content (AvgIpc) is 3.01. The lowest BCUT2D eigenvalue weighted by Crippen LogP contribution is -2.42. The van der Waals surface area contributed by atoms with E-state index >= 15 is 0 Å². The van der Waals surface area contributed by atoms with Gasteiger partial charge in [-0.25, -0.2) is 9.59 Å². The number of carbonyl (C=O) groups excluding carboxylic acids is 2. The largest absolute Gasteiger partial charge is 0.445 e. The van der Waals surface area contributed by atoms with Crippen molar-refractivity contribution in [2.75, 3.05) is 20.1 Å². The van der Waals surface area contributed by atoms with E-state index in [0.29, 0.717) is 13.1 Å². The van der Waals surface area contributed by atoms with Crippen LogP contribution < -0.4 is 0 Å². The Morgan fingerprint density at radius 1 is 1.25 bits per heavy atom. The highest BCUT2D eigenvalue weighted by Gasteiger charge is 2.33. The second-order valence-corrected chi connectivity index (χ2v) is 7.02. The number of ether oxygens (including phenoxy) is 2. The summed E-state index contributed by atoms with van der Waals surface area (Å²) in [4.78, 5) is 27.5. The molecule has 0 radical (unpaired) electrons. The van der Waals surface area contributed by atoms with E-state index in [0.717, 1.165) is 12.0 Å². The molecule has 2 amide bonds. The van der Waals surface area contributed by atoms with Gasteiger partial charge in [0.15, 0.2) is 0 Å². The highest BCUT2D eigenvalue weighted by molar-refractivity contribution is 5.70. The zero-order valence-electron chi connectivity index (χ0n) is 14.8. The van der Waals surface area contributed by atoms with Crippen LogP contribution in [0.5, 0.6) is 0 Å². The van der Waals surface area contributed by atoms with Crippen molar-refractivity contribution in [1.82, 2.24) is 9.80 Å². The van der Waals surface area contributed by atoms with Gasteiger partial charge >= 0.3 is 12.2 Å². The molecule has 0 saturated carbocycles. The van der Waals surface area contributed by atoms with E-state index in [1.807, 2.05) is 51.1 Å². The van der Waals surface area contributed by atoms with Crippen LogP contribution in [0.1, 0.15) is 32.8 Å². The molecule has 1 heterocycles. The van der Waals surface area contributed by atoms with Crippen molar-refractivity contribution < 1.29 is 19.1 Å². The lowest BCUT2D eigenvalue weighted by molar-refractivity contribution is 0.0225. The van der Waals surface area contributed by atoms with E-state index in [1.165, 1.54) is 0 Å². The van der Waals surface area contributed by atoms with Crippen LogP contribution in [0.4, 0.5) is 9.59 Å². The molecular formula is C18H26N2O4. The van der Waals surface area contributed by atoms with Gasteiger partial charge in [0.25, 0.3) is 0 Å². The Kier molecular flexibility index (Phi) is 5.70. The number of likely N-dealkylation sites (N-methyl/N-ethyl adjacent to an activating group) is 1. The maximum Gasteiger partial charge on any atom is 0.410 e. The molecule has 0 spiro atoms. The summed E-state index contributed by atoms with van der Waals surface area (Å²) < 4.78 is 10.7. The van der Waals surface area contributed by atoms with E-state index in [4.69, 9.17) is 9.47 Å². The fourth-order valence-corrected chi connectivity index (χ4v) is 2.52. The minimum absolute atomic E-state index is 0.0517. The maximum atomic E-state index is 12.2. The van der Waals surface area contributed by atoms with E-state index < -0.39 is 5.60 Å². The topological polar surface area (TPSA) is 59.1 Å². The van der Waals surface area contributed by atoms with Gasteiger partial charge in [-0.05, 0) is 32.8 Å². The van der Waals surface area contributed by atoms with Crippen LogP contribution in [0.15, 0.2) is 30.3 Å². The van der Waals surface area contributed by atoms with Crippen LogP contribution in [0, 0.1) is 0 Å². The van der Waals surface area contributed by atoms with Gasteiger partial charge in [0.1, 0.15) is 12.2 Å². The number of benzene rings is 1. The summed E-state index contributed by atoms with van der Waals surface area (Å²) >= 11 is 0. The van der Waals surface area contributed by atoms with Crippen molar-refractivity contribution in [3.63, 3.8) is 0 Å². The Morgan fingerprint density at radius 3 is 2.54 bits per heavy atom. The van der Waals surface area contributed by atoms with Gasteiger partial charge in [0, 0.05) is 20.1 Å². The first-order chi connectivity index (χ1) is 11.3. The molecule has 0 bridgehead atoms. The third kappa shape index (κ3) is 5.15. The highest BCUT2D eigenvalue weighted by atomic mass is 16.6. The molecule has 1 aliphatic rings. The van der Waals surface area contributed by atoms with E-state index in [1.54, 1.807) is 16.8 Å². The van der Waals surface area contributed by atoms with Crippen LogP contribution in [-0.2, 0) is 16.1 Å². The highest BCUT2D eigenvalue weighted by Crippen LogP contribution is 2.18. The SMILES string of the molecule is CN(C(=O)OC(C)(C)C)[C@H]1CCN(C(=O)OCc2ccccc2)C1. The Balaban J connectivity index is 1.81. The van der Waals surface area contributed by atoms with E-state index in [-0.39, 0.29) is 24.8 Å². The van der Waals surface area contributed by atoms with Crippen LogP contribution >= 0.6 is 0 Å². The van der Waals surface area contributed by atoms with E-state index in [9.17, 15) is 9.59 Å². The van der Waals surface area contributed by atoms with Crippen LogP contribution in [0.3, 0.4) is 0 Å². The predicted octanol–water partition coefficient (Wildman–Crippen LogP) is 3.26. The molecule has 2 rings (SSSR count). The molecule has 0 aliphatic carbocycles. The third-order valence-electron chi connectivity index (χ3n) is 3.86. The Bertz CT molecular complexity index is 568. The summed E-state index contributed by atoms with van der Waals surface area (Å²) in [6, 6.07) is 9.51. The number of hydrogen-bond donors (Lipinski definition) is 0. The Morgan fingerprint density at radius 2 is 1.92 bits per heavy atom. The molecule has 1 aromatic carbocycles. The van der Waals surface area contributed by atoms with Crippen molar-refractivity contribution in [2.45, 2.75) is 45.4 Å². The molecule has 1 saturated heterocycles. The van der Waals surface area contributed by atoms with Gasteiger partial charge in [-0.15, -0.1) is 0 Å². The van der Waals surface area contributed by atoms with Gasteiger partial charge in [0.05, 0.1) is 6.04 Å². The van der Waals surface area contributed by atoms with Crippen molar-refractivity contribution in [3.8, 4) is 0 Å². The molecular weight excluding hydrogens is 308 g/mol. The molecule has 0 N–H and O–H groups in total. The predicted molar refractivity (Wildman–Crippen MR) is 90.6 cm³/mol. The molecule has 1 fully saturated rings. The first-order valence-electron chi connectivity index (χ1n) is 8.18. The molecule has 0 aromatic heterocycles. The molecule has 6 heteroatoms. The molecule has 0 unspecified atom stereocenters. The van der Waals surface area contributed by atoms with Gasteiger partial charge in [-0.3, -0.25) is 0 Å². The van der Waals surface area contributed by atoms with Gasteiger partial charge in [0.2, 0.25) is 0 Å².